The van der Waals surface area contributed by atoms with Crippen molar-refractivity contribution in [2.24, 2.45) is 11.8 Å². The molecule has 3 aliphatic heterocycles. The van der Waals surface area contributed by atoms with Gasteiger partial charge in [0.1, 0.15) is 0 Å². The Balaban J connectivity index is 1.25. The number of hydrogen-bond donors (Lipinski definition) is 1. The van der Waals surface area contributed by atoms with Crippen molar-refractivity contribution < 1.29 is 18.7 Å². The zero-order valence-electron chi connectivity index (χ0n) is 16.6. The maximum Gasteiger partial charge on any atom is 0.289 e. The third-order valence-electron chi connectivity index (χ3n) is 6.93. The number of nitrogens with zero attached hydrogens (tertiary/aromatic N) is 1. The van der Waals surface area contributed by atoms with Gasteiger partial charge in [-0.3, -0.25) is 9.59 Å². The van der Waals surface area contributed by atoms with E-state index in [1.165, 1.54) is 11.8 Å². The zero-order chi connectivity index (χ0) is 20.0. The number of nitrogens with one attached hydrogen (secondary N) is 1. The van der Waals surface area contributed by atoms with Gasteiger partial charge in [-0.05, 0) is 49.1 Å². The number of benzene rings is 1. The van der Waals surface area contributed by atoms with Gasteiger partial charge in [0.05, 0.1) is 24.5 Å². The van der Waals surface area contributed by atoms with E-state index in [1.807, 2.05) is 29.2 Å². The molecular formula is C23H26N2O4. The summed E-state index contributed by atoms with van der Waals surface area (Å²) in [6.45, 7) is 3.94. The van der Waals surface area contributed by atoms with Crippen molar-refractivity contribution in [3.8, 4) is 0 Å². The molecule has 4 atom stereocenters. The number of furan rings is 1. The Morgan fingerprint density at radius 2 is 2.07 bits per heavy atom. The van der Waals surface area contributed by atoms with Gasteiger partial charge in [0, 0.05) is 30.5 Å². The van der Waals surface area contributed by atoms with Gasteiger partial charge in [0.2, 0.25) is 0 Å². The molecule has 0 aliphatic carbocycles. The molecule has 0 unspecified atom stereocenters. The van der Waals surface area contributed by atoms with E-state index >= 15 is 0 Å². The first-order valence-electron chi connectivity index (χ1n) is 10.5. The number of likely N-dealkylation sites (tertiary alicyclic amines) is 1. The molecule has 3 fully saturated rings. The lowest BCUT2D eigenvalue weighted by Gasteiger charge is -2.29. The third kappa shape index (κ3) is 3.06. The highest BCUT2D eigenvalue weighted by molar-refractivity contribution is 5.94. The average molecular weight is 394 g/mol. The molecular weight excluding hydrogens is 368 g/mol. The quantitative estimate of drug-likeness (QED) is 0.847. The van der Waals surface area contributed by atoms with E-state index in [9.17, 15) is 9.59 Å². The van der Waals surface area contributed by atoms with Gasteiger partial charge < -0.3 is 19.4 Å². The van der Waals surface area contributed by atoms with Crippen LogP contribution in [0.25, 0.3) is 0 Å². The van der Waals surface area contributed by atoms with Crippen molar-refractivity contribution in [3.05, 3.63) is 59.5 Å². The maximum absolute atomic E-state index is 12.7. The van der Waals surface area contributed by atoms with Crippen LogP contribution in [0.1, 0.15) is 46.2 Å². The van der Waals surface area contributed by atoms with Gasteiger partial charge >= 0.3 is 0 Å². The molecule has 29 heavy (non-hydrogen) atoms. The molecule has 4 heterocycles. The lowest BCUT2D eigenvalue weighted by Crippen LogP contribution is -2.41. The molecule has 1 spiro atoms. The van der Waals surface area contributed by atoms with Crippen molar-refractivity contribution in [3.63, 3.8) is 0 Å². The summed E-state index contributed by atoms with van der Waals surface area (Å²) in [7, 11) is 0. The van der Waals surface area contributed by atoms with Crippen LogP contribution in [0.15, 0.2) is 47.1 Å². The Kier molecular flexibility index (Phi) is 4.46. The smallest absolute Gasteiger partial charge is 0.289 e. The Bertz CT molecular complexity index is 907. The molecule has 152 valence electrons. The van der Waals surface area contributed by atoms with Crippen molar-refractivity contribution in [2.75, 3.05) is 19.6 Å². The fraction of sp³-hybridized carbons (Fsp3) is 0.478. The average Bonchev–Trinajstić information content (AvgIpc) is 3.52. The first kappa shape index (κ1) is 18.4. The number of carbonyl (C=O) groups excluding carboxylic acids is 2. The van der Waals surface area contributed by atoms with E-state index < -0.39 is 0 Å². The number of amides is 2. The fourth-order valence-electron chi connectivity index (χ4n) is 5.38. The van der Waals surface area contributed by atoms with Crippen LogP contribution in [-0.2, 0) is 11.2 Å². The summed E-state index contributed by atoms with van der Waals surface area (Å²) in [4.78, 5) is 27.2. The molecule has 1 aromatic heterocycles. The molecule has 6 nitrogen and oxygen atoms in total. The first-order chi connectivity index (χ1) is 14.1. The Labute approximate surface area is 170 Å². The van der Waals surface area contributed by atoms with Crippen LogP contribution in [0.4, 0.5) is 0 Å². The second-order valence-electron chi connectivity index (χ2n) is 8.45. The SMILES string of the molecule is CCc1ccc(C(=O)NC[C@H]2[C@H]3CN(C(=O)c4ccco4)C[C@]34CC[C@H]2O4)cc1. The van der Waals surface area contributed by atoms with Crippen molar-refractivity contribution >= 4 is 11.8 Å². The highest BCUT2D eigenvalue weighted by atomic mass is 16.5. The van der Waals surface area contributed by atoms with Gasteiger partial charge in [0.15, 0.2) is 5.76 Å². The molecule has 2 bridgehead atoms. The normalized spacial score (nSPS) is 29.8. The molecule has 2 amide bonds. The van der Waals surface area contributed by atoms with E-state index in [2.05, 4.69) is 12.2 Å². The van der Waals surface area contributed by atoms with E-state index in [0.29, 0.717) is 31.0 Å². The van der Waals surface area contributed by atoms with E-state index in [-0.39, 0.29) is 35.4 Å². The standard InChI is InChI=1S/C23H26N2O4/c1-2-15-5-7-16(8-6-15)21(26)24-12-17-18-13-25(22(27)20-4-3-11-28-20)14-23(18)10-9-19(17)29-23/h3-8,11,17-19H,2,9-10,12-14H2,1H3,(H,24,26)/t17-,18+,19+,23+/m0/s1. The number of fused-ring (bicyclic) bond motifs is 1. The Morgan fingerprint density at radius 1 is 1.24 bits per heavy atom. The van der Waals surface area contributed by atoms with Gasteiger partial charge in [0.25, 0.3) is 11.8 Å². The highest BCUT2D eigenvalue weighted by Gasteiger charge is 2.63. The molecule has 1 aromatic carbocycles. The predicted molar refractivity (Wildman–Crippen MR) is 107 cm³/mol. The van der Waals surface area contributed by atoms with Crippen LogP contribution in [-0.4, -0.2) is 48.1 Å². The van der Waals surface area contributed by atoms with Crippen LogP contribution in [0.5, 0.6) is 0 Å². The second kappa shape index (κ2) is 7.02. The monoisotopic (exact) mass is 394 g/mol. The van der Waals surface area contributed by atoms with Crippen LogP contribution in [0, 0.1) is 11.8 Å². The van der Waals surface area contributed by atoms with Crippen molar-refractivity contribution in [1.82, 2.24) is 10.2 Å². The molecule has 0 radical (unpaired) electrons. The third-order valence-corrected chi connectivity index (χ3v) is 6.93. The van der Waals surface area contributed by atoms with E-state index in [4.69, 9.17) is 9.15 Å². The lowest BCUT2D eigenvalue weighted by atomic mass is 9.73. The minimum absolute atomic E-state index is 0.0500. The second-order valence-corrected chi connectivity index (χ2v) is 8.45. The number of carbonyl (C=O) groups is 2. The Hall–Kier alpha value is -2.60. The highest BCUT2D eigenvalue weighted by Crippen LogP contribution is 2.54. The largest absolute Gasteiger partial charge is 0.459 e. The topological polar surface area (TPSA) is 71.8 Å². The number of hydrogen-bond acceptors (Lipinski definition) is 4. The number of aryl methyl sites for hydroxylation is 1. The summed E-state index contributed by atoms with van der Waals surface area (Å²) >= 11 is 0. The predicted octanol–water partition coefficient (Wildman–Crippen LogP) is 2.89. The van der Waals surface area contributed by atoms with Crippen LogP contribution in [0.3, 0.4) is 0 Å². The molecule has 1 N–H and O–H groups in total. The van der Waals surface area contributed by atoms with E-state index in [0.717, 1.165) is 19.3 Å². The van der Waals surface area contributed by atoms with Crippen molar-refractivity contribution in [1.29, 1.82) is 0 Å². The molecule has 0 saturated carbocycles. The van der Waals surface area contributed by atoms with Crippen LogP contribution < -0.4 is 5.32 Å². The van der Waals surface area contributed by atoms with E-state index in [1.54, 1.807) is 12.1 Å². The Morgan fingerprint density at radius 3 is 2.79 bits per heavy atom. The number of rotatable bonds is 5. The fourth-order valence-corrected chi connectivity index (χ4v) is 5.38. The summed E-state index contributed by atoms with van der Waals surface area (Å²) in [5, 5.41) is 3.10. The molecule has 6 heteroatoms. The van der Waals surface area contributed by atoms with Crippen LogP contribution in [0.2, 0.25) is 0 Å². The maximum atomic E-state index is 12.7. The summed E-state index contributed by atoms with van der Waals surface area (Å²) in [5.41, 5.74) is 1.64. The summed E-state index contributed by atoms with van der Waals surface area (Å²) in [6, 6.07) is 11.2. The zero-order valence-corrected chi connectivity index (χ0v) is 16.6. The van der Waals surface area contributed by atoms with Crippen molar-refractivity contribution in [2.45, 2.75) is 37.9 Å². The molecule has 2 aromatic rings. The van der Waals surface area contributed by atoms with Crippen LogP contribution >= 0.6 is 0 Å². The lowest BCUT2D eigenvalue weighted by molar-refractivity contribution is 0.00286. The van der Waals surface area contributed by atoms with Gasteiger partial charge in [-0.2, -0.15) is 0 Å². The first-order valence-corrected chi connectivity index (χ1v) is 10.5. The summed E-state index contributed by atoms with van der Waals surface area (Å²) < 4.78 is 11.7. The summed E-state index contributed by atoms with van der Waals surface area (Å²) in [5.74, 6) is 0.729. The molecule has 5 rings (SSSR count). The van der Waals surface area contributed by atoms with Gasteiger partial charge in [-0.15, -0.1) is 0 Å². The van der Waals surface area contributed by atoms with Gasteiger partial charge in [-0.1, -0.05) is 19.1 Å². The summed E-state index contributed by atoms with van der Waals surface area (Å²) in [6.07, 6.45) is 4.62. The molecule has 3 aliphatic rings. The minimum Gasteiger partial charge on any atom is -0.459 e. The molecule has 3 saturated heterocycles. The minimum atomic E-state index is -0.259. The van der Waals surface area contributed by atoms with Gasteiger partial charge in [-0.25, -0.2) is 0 Å². The number of ether oxygens (including phenoxy) is 1.